The van der Waals surface area contributed by atoms with E-state index in [4.69, 9.17) is 17.4 Å². The number of carbonyl (C=O) groups is 2. The first-order valence-electron chi connectivity index (χ1n) is 12.1. The molecule has 5 nitrogen and oxygen atoms in total. The monoisotopic (exact) mass is 467 g/mol. The van der Waals surface area contributed by atoms with E-state index in [1.54, 1.807) is 0 Å². The number of anilines is 1. The maximum absolute atomic E-state index is 13.3. The lowest BCUT2D eigenvalue weighted by molar-refractivity contribution is -0.139. The van der Waals surface area contributed by atoms with Crippen LogP contribution in [-0.2, 0) is 16.0 Å². The Morgan fingerprint density at radius 3 is 2.39 bits per heavy atom. The minimum atomic E-state index is -0.160. The predicted molar refractivity (Wildman–Crippen MR) is 133 cm³/mol. The summed E-state index contributed by atoms with van der Waals surface area (Å²) in [7, 11) is 0. The van der Waals surface area contributed by atoms with Crippen molar-refractivity contribution in [1.82, 2.24) is 4.90 Å². The van der Waals surface area contributed by atoms with Crippen LogP contribution in [0.5, 0.6) is 0 Å². The zero-order chi connectivity index (χ0) is 23.4. The van der Waals surface area contributed by atoms with Crippen LogP contribution in [0.4, 0.5) is 5.69 Å². The molecule has 0 aromatic heterocycles. The lowest BCUT2D eigenvalue weighted by Crippen LogP contribution is -2.48. The largest absolute Gasteiger partial charge is 0.342 e. The zero-order valence-electron chi connectivity index (χ0n) is 19.4. The highest BCUT2D eigenvalue weighted by molar-refractivity contribution is 6.30. The quantitative estimate of drug-likeness (QED) is 0.370. The molecule has 4 rings (SSSR count). The van der Waals surface area contributed by atoms with E-state index in [2.05, 4.69) is 6.07 Å². The van der Waals surface area contributed by atoms with E-state index in [9.17, 15) is 9.59 Å². The molecule has 2 fully saturated rings. The number of hydrazine groups is 1. The fourth-order valence-corrected chi connectivity index (χ4v) is 5.61. The summed E-state index contributed by atoms with van der Waals surface area (Å²) in [5, 5.41) is 2.02. The van der Waals surface area contributed by atoms with Gasteiger partial charge >= 0.3 is 0 Å². The molecule has 1 saturated heterocycles. The van der Waals surface area contributed by atoms with Crippen LogP contribution >= 0.6 is 11.6 Å². The molecule has 2 amide bonds. The van der Waals surface area contributed by atoms with Gasteiger partial charge in [0.1, 0.15) is 0 Å². The maximum atomic E-state index is 13.3. The van der Waals surface area contributed by atoms with Gasteiger partial charge in [-0.15, -0.1) is 0 Å². The molecule has 1 saturated carbocycles. The van der Waals surface area contributed by atoms with Gasteiger partial charge in [0.05, 0.1) is 5.69 Å². The lowest BCUT2D eigenvalue weighted by Gasteiger charge is -2.35. The number of hydrogen-bond acceptors (Lipinski definition) is 3. The van der Waals surface area contributed by atoms with E-state index in [0.717, 1.165) is 48.1 Å². The van der Waals surface area contributed by atoms with Crippen molar-refractivity contribution in [3.63, 3.8) is 0 Å². The van der Waals surface area contributed by atoms with Gasteiger partial charge < -0.3 is 4.90 Å². The smallest absolute Gasteiger partial charge is 0.244 e. The second-order valence-electron chi connectivity index (χ2n) is 9.59. The van der Waals surface area contributed by atoms with Gasteiger partial charge in [-0.1, -0.05) is 55.1 Å². The molecule has 1 heterocycles. The molecule has 0 atom stereocenters. The Hall–Kier alpha value is -2.37. The number of nitrogens with two attached hydrogens (primary N) is 1. The average molecular weight is 468 g/mol. The highest BCUT2D eigenvalue weighted by Crippen LogP contribution is 2.29. The van der Waals surface area contributed by atoms with Gasteiger partial charge in [-0.05, 0) is 73.9 Å². The molecule has 1 aliphatic carbocycles. The topological polar surface area (TPSA) is 66.6 Å². The number of hydrogen-bond donors (Lipinski definition) is 1. The molecule has 0 radical (unpaired) electrons. The molecule has 176 valence electrons. The number of amides is 2. The third-order valence-electron chi connectivity index (χ3n) is 7.10. The van der Waals surface area contributed by atoms with Crippen LogP contribution in [-0.4, -0.2) is 29.8 Å². The molecule has 2 aromatic carbocycles. The minimum absolute atomic E-state index is 0.0745. The number of para-hydroxylation sites is 1. The van der Waals surface area contributed by atoms with Crippen molar-refractivity contribution in [2.24, 2.45) is 17.7 Å². The first-order valence-corrected chi connectivity index (χ1v) is 12.5. The summed E-state index contributed by atoms with van der Waals surface area (Å²) < 4.78 is 0. The Morgan fingerprint density at radius 2 is 1.70 bits per heavy atom. The second kappa shape index (κ2) is 10.7. The van der Waals surface area contributed by atoms with Crippen molar-refractivity contribution in [3.8, 4) is 0 Å². The van der Waals surface area contributed by atoms with Gasteiger partial charge in [-0.3, -0.25) is 9.59 Å². The van der Waals surface area contributed by atoms with Gasteiger partial charge in [0.15, 0.2) is 0 Å². The Kier molecular flexibility index (Phi) is 7.71. The molecule has 2 aliphatic rings. The van der Waals surface area contributed by atoms with Crippen LogP contribution in [0.15, 0.2) is 42.5 Å². The van der Waals surface area contributed by atoms with Crippen molar-refractivity contribution >= 4 is 29.1 Å². The van der Waals surface area contributed by atoms with Crippen molar-refractivity contribution in [2.75, 3.05) is 18.1 Å². The van der Waals surface area contributed by atoms with E-state index in [0.29, 0.717) is 37.4 Å². The molecular weight excluding hydrogens is 434 g/mol. The predicted octanol–water partition coefficient (Wildman–Crippen LogP) is 5.26. The van der Waals surface area contributed by atoms with Crippen LogP contribution in [0.3, 0.4) is 0 Å². The van der Waals surface area contributed by atoms with Gasteiger partial charge in [-0.2, -0.15) is 0 Å². The highest BCUT2D eigenvalue weighted by atomic mass is 35.5. The average Bonchev–Trinajstić information content (AvgIpc) is 2.83. The molecule has 0 spiro atoms. The maximum Gasteiger partial charge on any atom is 0.244 e. The Bertz CT molecular complexity index is 974. The minimum Gasteiger partial charge on any atom is -0.342 e. The number of halogens is 1. The van der Waals surface area contributed by atoms with Crippen LogP contribution in [0.1, 0.15) is 61.6 Å². The first-order chi connectivity index (χ1) is 15.9. The van der Waals surface area contributed by atoms with Gasteiger partial charge in [0.25, 0.3) is 0 Å². The fraction of sp³-hybridized carbons (Fsp3) is 0.481. The van der Waals surface area contributed by atoms with Crippen LogP contribution < -0.4 is 10.9 Å². The summed E-state index contributed by atoms with van der Waals surface area (Å²) in [6, 6.07) is 13.7. The SMILES string of the molecule is Cc1cc(Cl)cc(Cc2ccccc2N(N)C(=O)C2CCN(C(=O)C3CCCCC3)CC2)c1. The summed E-state index contributed by atoms with van der Waals surface area (Å²) in [6.07, 6.45) is 7.55. The van der Waals surface area contributed by atoms with Crippen molar-refractivity contribution in [3.05, 3.63) is 64.2 Å². The number of benzene rings is 2. The van der Waals surface area contributed by atoms with Crippen molar-refractivity contribution in [1.29, 1.82) is 0 Å². The van der Waals surface area contributed by atoms with Crippen molar-refractivity contribution < 1.29 is 9.59 Å². The molecule has 2 aromatic rings. The second-order valence-corrected chi connectivity index (χ2v) is 10.0. The van der Waals surface area contributed by atoms with Crippen LogP contribution in [0.25, 0.3) is 0 Å². The summed E-state index contributed by atoms with van der Waals surface area (Å²) in [4.78, 5) is 28.1. The molecular formula is C27H34ClN3O2. The Morgan fingerprint density at radius 1 is 1.00 bits per heavy atom. The summed E-state index contributed by atoms with van der Waals surface area (Å²) in [5.74, 6) is 6.60. The van der Waals surface area contributed by atoms with E-state index >= 15 is 0 Å². The van der Waals surface area contributed by atoms with E-state index in [-0.39, 0.29) is 23.7 Å². The van der Waals surface area contributed by atoms with Crippen molar-refractivity contribution in [2.45, 2.75) is 58.3 Å². The first kappa shape index (κ1) is 23.8. The summed E-state index contributed by atoms with van der Waals surface area (Å²) in [6.45, 7) is 3.30. The molecule has 33 heavy (non-hydrogen) atoms. The molecule has 0 bridgehead atoms. The Labute approximate surface area is 201 Å². The third-order valence-corrected chi connectivity index (χ3v) is 7.31. The van der Waals surface area contributed by atoms with Crippen LogP contribution in [0.2, 0.25) is 5.02 Å². The molecule has 2 N–H and O–H groups in total. The summed E-state index contributed by atoms with van der Waals surface area (Å²) in [5.41, 5.74) is 3.90. The third kappa shape index (κ3) is 5.77. The van der Waals surface area contributed by atoms with Gasteiger partial charge in [-0.25, -0.2) is 10.9 Å². The van der Waals surface area contributed by atoms with Gasteiger partial charge in [0, 0.05) is 29.9 Å². The Balaban J connectivity index is 1.40. The van der Waals surface area contributed by atoms with Crippen LogP contribution in [0, 0.1) is 18.8 Å². The van der Waals surface area contributed by atoms with E-state index in [1.807, 2.05) is 48.2 Å². The van der Waals surface area contributed by atoms with Gasteiger partial charge in [0.2, 0.25) is 11.8 Å². The number of aryl methyl sites for hydroxylation is 1. The highest BCUT2D eigenvalue weighted by Gasteiger charge is 2.33. The fourth-order valence-electron chi connectivity index (χ4n) is 5.30. The van der Waals surface area contributed by atoms with E-state index in [1.165, 1.54) is 11.4 Å². The zero-order valence-corrected chi connectivity index (χ0v) is 20.2. The number of rotatable bonds is 5. The molecule has 6 heteroatoms. The molecule has 1 aliphatic heterocycles. The van der Waals surface area contributed by atoms with E-state index < -0.39 is 0 Å². The standard InChI is InChI=1S/C27H34ClN3O2/c1-19-15-20(18-24(28)16-19)17-23-9-5-6-10-25(23)31(29)27(33)22-11-13-30(14-12-22)26(32)21-7-3-2-4-8-21/h5-6,9-10,15-16,18,21-22H,2-4,7-8,11-14,17,29H2,1H3. The number of piperidine rings is 1. The molecule has 0 unspecified atom stereocenters. The summed E-state index contributed by atoms with van der Waals surface area (Å²) >= 11 is 6.24. The number of carbonyl (C=O) groups excluding carboxylic acids is 2. The number of nitrogens with zero attached hydrogens (tertiary/aromatic N) is 2. The normalized spacial score (nSPS) is 17.7. The lowest BCUT2D eigenvalue weighted by atomic mass is 9.87. The number of likely N-dealkylation sites (tertiary alicyclic amines) is 1.